The van der Waals surface area contributed by atoms with Crippen LogP contribution in [-0.4, -0.2) is 21.4 Å². The lowest BCUT2D eigenvalue weighted by atomic mass is 9.91. The Kier molecular flexibility index (Phi) is 6.31. The maximum absolute atomic E-state index is 9.93. The van der Waals surface area contributed by atoms with Crippen molar-refractivity contribution in [2.75, 3.05) is 0 Å². The van der Waals surface area contributed by atoms with Gasteiger partial charge in [-0.3, -0.25) is 0 Å². The Labute approximate surface area is 107 Å². The first kappa shape index (κ1) is 16.0. The van der Waals surface area contributed by atoms with E-state index in [9.17, 15) is 15.3 Å². The molecule has 1 aromatic rings. The Morgan fingerprint density at radius 1 is 1.18 bits per heavy atom. The summed E-state index contributed by atoms with van der Waals surface area (Å²) in [4.78, 5) is 0. The number of hydrogen-bond donors (Lipinski definition) is 4. The van der Waals surface area contributed by atoms with Crippen LogP contribution in [0.4, 0.5) is 0 Å². The molecule has 1 rings (SSSR count). The van der Waals surface area contributed by atoms with Crippen LogP contribution in [0.25, 0.3) is 0 Å². The summed E-state index contributed by atoms with van der Waals surface area (Å²) in [5.74, 6) is -0.0388. The molecule has 0 aromatic heterocycles. The Bertz CT molecular complexity index is 339. The first-order valence-electron chi connectivity index (χ1n) is 5.42. The van der Waals surface area contributed by atoms with E-state index in [0.29, 0.717) is 5.56 Å². The molecule has 1 aromatic carbocycles. The highest BCUT2D eigenvalue weighted by Crippen LogP contribution is 2.27. The Morgan fingerprint density at radius 3 is 2.06 bits per heavy atom. The van der Waals surface area contributed by atoms with E-state index in [1.165, 1.54) is 18.2 Å². The van der Waals surface area contributed by atoms with Crippen LogP contribution >= 0.6 is 12.4 Å². The zero-order chi connectivity index (χ0) is 12.3. The smallest absolute Gasteiger partial charge is 0.119 e. The summed E-state index contributed by atoms with van der Waals surface area (Å²) in [6.07, 6.45) is 0.130. The summed E-state index contributed by atoms with van der Waals surface area (Å²) < 4.78 is 0. The highest BCUT2D eigenvalue weighted by atomic mass is 35.5. The number of halogens is 1. The number of rotatable bonds is 4. The highest BCUT2D eigenvalue weighted by Gasteiger charge is 2.22. The number of hydrogen-bond acceptors (Lipinski definition) is 4. The molecule has 0 amide bonds. The van der Waals surface area contributed by atoms with Crippen molar-refractivity contribution in [1.29, 1.82) is 0 Å². The number of aromatic hydroxyl groups is 2. The third kappa shape index (κ3) is 4.07. The average Bonchev–Trinajstić information content (AvgIpc) is 2.24. The minimum atomic E-state index is -0.689. The molecular formula is C12H20ClNO3. The fourth-order valence-corrected chi connectivity index (χ4v) is 1.60. The Balaban J connectivity index is 0.00000256. The lowest BCUT2D eigenvalue weighted by Crippen LogP contribution is -2.31. The van der Waals surface area contributed by atoms with E-state index < -0.39 is 12.1 Å². The van der Waals surface area contributed by atoms with Gasteiger partial charge in [0.2, 0.25) is 0 Å². The first-order chi connectivity index (χ1) is 7.45. The number of benzene rings is 1. The van der Waals surface area contributed by atoms with E-state index in [1.807, 2.05) is 13.8 Å². The highest BCUT2D eigenvalue weighted by molar-refractivity contribution is 5.85. The predicted octanol–water partition coefficient (Wildman–Crippen LogP) is 1.93. The Morgan fingerprint density at radius 2 is 1.65 bits per heavy atom. The molecule has 0 radical (unpaired) electrons. The molecule has 0 fully saturated rings. The molecule has 0 aliphatic carbocycles. The lowest BCUT2D eigenvalue weighted by molar-refractivity contribution is 0.0878. The second kappa shape index (κ2) is 6.69. The minimum Gasteiger partial charge on any atom is -0.508 e. The van der Waals surface area contributed by atoms with Gasteiger partial charge in [-0.2, -0.15) is 0 Å². The third-order valence-corrected chi connectivity index (χ3v) is 2.90. The van der Waals surface area contributed by atoms with E-state index in [-0.39, 0.29) is 29.8 Å². The van der Waals surface area contributed by atoms with Gasteiger partial charge in [0, 0.05) is 6.07 Å². The summed E-state index contributed by atoms with van der Waals surface area (Å²) in [7, 11) is 0. The summed E-state index contributed by atoms with van der Waals surface area (Å²) in [6, 6.07) is 3.53. The SMILES string of the molecule is CCC(C)[C@H](O)[C@H](N)c1cc(O)cc(O)c1.Cl. The number of phenols is 2. The van der Waals surface area contributed by atoms with Gasteiger partial charge in [0.15, 0.2) is 0 Å². The van der Waals surface area contributed by atoms with Crippen molar-refractivity contribution in [3.8, 4) is 11.5 Å². The van der Waals surface area contributed by atoms with Crippen LogP contribution in [0.1, 0.15) is 31.9 Å². The van der Waals surface area contributed by atoms with Gasteiger partial charge in [0.1, 0.15) is 11.5 Å². The zero-order valence-electron chi connectivity index (χ0n) is 10.00. The van der Waals surface area contributed by atoms with E-state index in [0.717, 1.165) is 6.42 Å². The first-order valence-corrected chi connectivity index (χ1v) is 5.42. The molecule has 4 nitrogen and oxygen atoms in total. The van der Waals surface area contributed by atoms with E-state index in [4.69, 9.17) is 5.73 Å². The molecule has 17 heavy (non-hydrogen) atoms. The molecule has 98 valence electrons. The number of aliphatic hydroxyl groups is 1. The van der Waals surface area contributed by atoms with Gasteiger partial charge in [-0.25, -0.2) is 0 Å². The van der Waals surface area contributed by atoms with Crippen molar-refractivity contribution in [2.24, 2.45) is 11.7 Å². The Hall–Kier alpha value is -0.970. The molecule has 0 saturated heterocycles. The van der Waals surface area contributed by atoms with Crippen molar-refractivity contribution in [1.82, 2.24) is 0 Å². The van der Waals surface area contributed by atoms with Crippen molar-refractivity contribution in [2.45, 2.75) is 32.4 Å². The van der Waals surface area contributed by atoms with E-state index in [2.05, 4.69) is 0 Å². The fourth-order valence-electron chi connectivity index (χ4n) is 1.60. The lowest BCUT2D eigenvalue weighted by Gasteiger charge is -2.24. The minimum absolute atomic E-state index is 0. The normalized spacial score (nSPS) is 15.8. The van der Waals surface area contributed by atoms with Crippen molar-refractivity contribution in [3.05, 3.63) is 23.8 Å². The number of phenolic OH excluding ortho intramolecular Hbond substituents is 2. The van der Waals surface area contributed by atoms with Gasteiger partial charge in [0.25, 0.3) is 0 Å². The molecule has 0 bridgehead atoms. The summed E-state index contributed by atoms with van der Waals surface area (Å²) >= 11 is 0. The quantitative estimate of drug-likeness (QED) is 0.667. The van der Waals surface area contributed by atoms with Crippen LogP contribution in [0.2, 0.25) is 0 Å². The molecule has 0 aliphatic heterocycles. The number of aliphatic hydroxyl groups excluding tert-OH is 1. The summed E-state index contributed by atoms with van der Waals surface area (Å²) in [5.41, 5.74) is 6.41. The molecule has 5 N–H and O–H groups in total. The van der Waals surface area contributed by atoms with Crippen LogP contribution in [0.5, 0.6) is 11.5 Å². The molecule has 1 unspecified atom stereocenters. The molecule has 5 heteroatoms. The topological polar surface area (TPSA) is 86.7 Å². The maximum atomic E-state index is 9.93. The second-order valence-electron chi connectivity index (χ2n) is 4.18. The molecule has 0 aliphatic rings. The van der Waals surface area contributed by atoms with Gasteiger partial charge in [0.05, 0.1) is 12.1 Å². The molecule has 0 spiro atoms. The van der Waals surface area contributed by atoms with Crippen LogP contribution < -0.4 is 5.73 Å². The van der Waals surface area contributed by atoms with E-state index in [1.54, 1.807) is 0 Å². The molecule has 0 heterocycles. The molecule has 0 saturated carbocycles. The largest absolute Gasteiger partial charge is 0.508 e. The van der Waals surface area contributed by atoms with Crippen LogP contribution in [0.3, 0.4) is 0 Å². The number of nitrogens with two attached hydrogens (primary N) is 1. The van der Waals surface area contributed by atoms with Crippen molar-refractivity contribution >= 4 is 12.4 Å². The van der Waals surface area contributed by atoms with Gasteiger partial charge in [-0.15, -0.1) is 12.4 Å². The van der Waals surface area contributed by atoms with Crippen molar-refractivity contribution < 1.29 is 15.3 Å². The summed E-state index contributed by atoms with van der Waals surface area (Å²) in [6.45, 7) is 3.88. The predicted molar refractivity (Wildman–Crippen MR) is 69.4 cm³/mol. The molecular weight excluding hydrogens is 242 g/mol. The van der Waals surface area contributed by atoms with Crippen LogP contribution in [0, 0.1) is 5.92 Å². The second-order valence-corrected chi connectivity index (χ2v) is 4.18. The van der Waals surface area contributed by atoms with Crippen LogP contribution in [0.15, 0.2) is 18.2 Å². The average molecular weight is 262 g/mol. The van der Waals surface area contributed by atoms with Gasteiger partial charge >= 0.3 is 0 Å². The monoisotopic (exact) mass is 261 g/mol. The maximum Gasteiger partial charge on any atom is 0.119 e. The van der Waals surface area contributed by atoms with Gasteiger partial charge in [-0.05, 0) is 23.6 Å². The van der Waals surface area contributed by atoms with Crippen molar-refractivity contribution in [3.63, 3.8) is 0 Å². The van der Waals surface area contributed by atoms with Gasteiger partial charge < -0.3 is 21.1 Å². The standard InChI is InChI=1S/C12H19NO3.ClH/c1-3-7(2)12(16)11(13)8-4-9(14)6-10(15)5-8;/h4-7,11-12,14-16H,3,13H2,1-2H3;1H/t7?,11-,12+;/m1./s1. The fraction of sp³-hybridized carbons (Fsp3) is 0.500. The third-order valence-electron chi connectivity index (χ3n) is 2.90. The summed E-state index contributed by atoms with van der Waals surface area (Å²) in [5, 5.41) is 28.6. The van der Waals surface area contributed by atoms with Crippen LogP contribution in [-0.2, 0) is 0 Å². The van der Waals surface area contributed by atoms with Gasteiger partial charge in [-0.1, -0.05) is 20.3 Å². The molecule has 3 atom stereocenters. The van der Waals surface area contributed by atoms with E-state index >= 15 is 0 Å². The zero-order valence-corrected chi connectivity index (χ0v) is 10.8.